The molecule has 1 saturated heterocycles. The van der Waals surface area contributed by atoms with Crippen molar-refractivity contribution in [1.29, 1.82) is 0 Å². The van der Waals surface area contributed by atoms with Crippen LogP contribution in [-0.2, 0) is 10.0 Å². The molecule has 3 rings (SSSR count). The molecule has 0 aromatic heterocycles. The van der Waals surface area contributed by atoms with Crippen molar-refractivity contribution >= 4 is 10.0 Å². The Labute approximate surface area is 124 Å². The van der Waals surface area contributed by atoms with Gasteiger partial charge in [-0.3, -0.25) is 0 Å². The summed E-state index contributed by atoms with van der Waals surface area (Å²) >= 11 is 0. The highest BCUT2D eigenvalue weighted by Gasteiger charge is 2.55. The van der Waals surface area contributed by atoms with Crippen LogP contribution in [0.4, 0.5) is 0 Å². The van der Waals surface area contributed by atoms with E-state index >= 15 is 0 Å². The van der Waals surface area contributed by atoms with Gasteiger partial charge in [-0.25, -0.2) is 8.42 Å². The maximum atomic E-state index is 12.7. The molecule has 21 heavy (non-hydrogen) atoms. The lowest BCUT2D eigenvalue weighted by Gasteiger charge is -2.07. The molecule has 0 amide bonds. The largest absolute Gasteiger partial charge is 0.395 e. The SMILES string of the molecule is Cc1ccc(S(=O)(=O)N2C(c3ccccc3)[C@H]2CO)cc1. The van der Waals surface area contributed by atoms with E-state index in [0.29, 0.717) is 0 Å². The van der Waals surface area contributed by atoms with Crippen molar-refractivity contribution in [2.24, 2.45) is 0 Å². The first-order valence-electron chi connectivity index (χ1n) is 6.81. The van der Waals surface area contributed by atoms with E-state index in [1.807, 2.05) is 37.3 Å². The zero-order chi connectivity index (χ0) is 15.0. The van der Waals surface area contributed by atoms with E-state index < -0.39 is 10.0 Å². The van der Waals surface area contributed by atoms with Crippen LogP contribution in [0.3, 0.4) is 0 Å². The van der Waals surface area contributed by atoms with E-state index in [9.17, 15) is 13.5 Å². The Morgan fingerprint density at radius 2 is 1.67 bits per heavy atom. The van der Waals surface area contributed by atoms with Gasteiger partial charge in [0.25, 0.3) is 0 Å². The lowest BCUT2D eigenvalue weighted by atomic mass is 10.1. The number of rotatable bonds is 4. The summed E-state index contributed by atoms with van der Waals surface area (Å²) in [5, 5.41) is 9.46. The number of nitrogens with zero attached hydrogens (tertiary/aromatic N) is 1. The van der Waals surface area contributed by atoms with Crippen LogP contribution in [0.25, 0.3) is 0 Å². The molecule has 110 valence electrons. The summed E-state index contributed by atoms with van der Waals surface area (Å²) in [6.45, 7) is 1.74. The summed E-state index contributed by atoms with van der Waals surface area (Å²) in [6.07, 6.45) is 0. The fourth-order valence-electron chi connectivity index (χ4n) is 2.62. The second-order valence-corrected chi connectivity index (χ2v) is 7.10. The summed E-state index contributed by atoms with van der Waals surface area (Å²) in [5.74, 6) is 0. The first kappa shape index (κ1) is 14.3. The molecule has 2 aromatic rings. The molecule has 1 aliphatic rings. The number of hydrogen-bond donors (Lipinski definition) is 1. The third-order valence-electron chi connectivity index (χ3n) is 3.80. The molecular weight excluding hydrogens is 286 g/mol. The summed E-state index contributed by atoms with van der Waals surface area (Å²) < 4.78 is 26.7. The molecule has 1 N–H and O–H groups in total. The third kappa shape index (κ3) is 2.48. The molecular formula is C16H17NO3S. The maximum Gasteiger partial charge on any atom is 0.244 e. The highest BCUT2D eigenvalue weighted by atomic mass is 32.2. The molecule has 0 aliphatic carbocycles. The highest BCUT2D eigenvalue weighted by molar-refractivity contribution is 7.89. The van der Waals surface area contributed by atoms with Gasteiger partial charge in [0.2, 0.25) is 10.0 Å². The fourth-order valence-corrected chi connectivity index (χ4v) is 4.39. The molecule has 3 atom stereocenters. The molecule has 2 aromatic carbocycles. The summed E-state index contributed by atoms with van der Waals surface area (Å²) in [4.78, 5) is 0.269. The third-order valence-corrected chi connectivity index (χ3v) is 5.72. The summed E-state index contributed by atoms with van der Waals surface area (Å²) in [5.41, 5.74) is 1.92. The molecule has 4 nitrogen and oxygen atoms in total. The first-order chi connectivity index (χ1) is 10.1. The number of sulfonamides is 1. The minimum atomic E-state index is -3.57. The van der Waals surface area contributed by atoms with Crippen LogP contribution in [0.1, 0.15) is 17.2 Å². The Balaban J connectivity index is 1.94. The van der Waals surface area contributed by atoms with Crippen molar-refractivity contribution in [3.8, 4) is 0 Å². The fraction of sp³-hybridized carbons (Fsp3) is 0.250. The number of aryl methyl sites for hydroxylation is 1. The molecule has 0 radical (unpaired) electrons. The lowest BCUT2D eigenvalue weighted by Crippen LogP contribution is -2.16. The van der Waals surface area contributed by atoms with Gasteiger partial charge in [0.15, 0.2) is 0 Å². The molecule has 1 aliphatic heterocycles. The van der Waals surface area contributed by atoms with Crippen LogP contribution in [0.5, 0.6) is 0 Å². The van der Waals surface area contributed by atoms with Crippen LogP contribution < -0.4 is 0 Å². The molecule has 0 bridgehead atoms. The second-order valence-electron chi connectivity index (χ2n) is 5.25. The summed E-state index contributed by atoms with van der Waals surface area (Å²) in [7, 11) is -3.57. The van der Waals surface area contributed by atoms with E-state index in [4.69, 9.17) is 0 Å². The van der Waals surface area contributed by atoms with E-state index in [1.165, 1.54) is 4.31 Å². The Morgan fingerprint density at radius 3 is 2.24 bits per heavy atom. The lowest BCUT2D eigenvalue weighted by molar-refractivity contribution is 0.286. The second kappa shape index (κ2) is 5.26. The Kier molecular flexibility index (Phi) is 3.57. The average Bonchev–Trinajstić information content (AvgIpc) is 3.24. The quantitative estimate of drug-likeness (QED) is 0.880. The van der Waals surface area contributed by atoms with Crippen molar-refractivity contribution < 1.29 is 13.5 Å². The Morgan fingerprint density at radius 1 is 1.05 bits per heavy atom. The Bertz CT molecular complexity index is 726. The zero-order valence-corrected chi connectivity index (χ0v) is 12.5. The molecule has 0 saturated carbocycles. The van der Waals surface area contributed by atoms with Crippen LogP contribution in [0.15, 0.2) is 59.5 Å². The molecule has 0 spiro atoms. The van der Waals surface area contributed by atoms with Gasteiger partial charge < -0.3 is 5.11 Å². The molecule has 1 fully saturated rings. The van der Waals surface area contributed by atoms with Gasteiger partial charge in [-0.05, 0) is 24.6 Å². The maximum absolute atomic E-state index is 12.7. The van der Waals surface area contributed by atoms with E-state index in [-0.39, 0.29) is 23.6 Å². The van der Waals surface area contributed by atoms with Gasteiger partial charge in [-0.2, -0.15) is 4.31 Å². The van der Waals surface area contributed by atoms with E-state index in [1.54, 1.807) is 24.3 Å². The number of aliphatic hydroxyl groups is 1. The standard InChI is InChI=1S/C16H17NO3S/c1-12-7-9-14(10-8-12)21(19,20)17-15(11-18)16(17)13-5-3-2-4-6-13/h2-10,15-16,18H,11H2,1H3/t15-,16?,17?/m1/s1. The first-order valence-corrected chi connectivity index (χ1v) is 8.26. The monoisotopic (exact) mass is 303 g/mol. The van der Waals surface area contributed by atoms with Gasteiger partial charge in [0.1, 0.15) is 0 Å². The van der Waals surface area contributed by atoms with Crippen molar-refractivity contribution in [1.82, 2.24) is 4.31 Å². The normalized spacial score (nSPS) is 24.8. The molecule has 5 heteroatoms. The summed E-state index contributed by atoms with van der Waals surface area (Å²) in [6, 6.07) is 15.5. The van der Waals surface area contributed by atoms with Crippen molar-refractivity contribution in [2.45, 2.75) is 23.9 Å². The van der Waals surface area contributed by atoms with Crippen molar-refractivity contribution in [3.05, 3.63) is 65.7 Å². The molecule has 2 unspecified atom stereocenters. The van der Waals surface area contributed by atoms with Gasteiger partial charge in [-0.1, -0.05) is 48.0 Å². The smallest absolute Gasteiger partial charge is 0.244 e. The van der Waals surface area contributed by atoms with Crippen molar-refractivity contribution in [2.75, 3.05) is 6.61 Å². The van der Waals surface area contributed by atoms with Gasteiger partial charge in [0.05, 0.1) is 23.6 Å². The minimum Gasteiger partial charge on any atom is -0.395 e. The van der Waals surface area contributed by atoms with Crippen LogP contribution in [0.2, 0.25) is 0 Å². The molecule has 1 heterocycles. The predicted molar refractivity (Wildman–Crippen MR) is 80.3 cm³/mol. The van der Waals surface area contributed by atoms with Crippen LogP contribution in [-0.4, -0.2) is 30.5 Å². The van der Waals surface area contributed by atoms with Crippen LogP contribution in [0, 0.1) is 6.92 Å². The topological polar surface area (TPSA) is 57.4 Å². The predicted octanol–water partition coefficient (Wildman–Crippen LogP) is 2.10. The highest BCUT2D eigenvalue weighted by Crippen LogP contribution is 2.47. The zero-order valence-electron chi connectivity index (χ0n) is 11.7. The Hall–Kier alpha value is -1.69. The number of hydrogen-bond acceptors (Lipinski definition) is 3. The van der Waals surface area contributed by atoms with Crippen molar-refractivity contribution in [3.63, 3.8) is 0 Å². The minimum absolute atomic E-state index is 0.176. The van der Waals surface area contributed by atoms with E-state index in [0.717, 1.165) is 11.1 Å². The van der Waals surface area contributed by atoms with Crippen LogP contribution >= 0.6 is 0 Å². The van der Waals surface area contributed by atoms with Gasteiger partial charge in [0, 0.05) is 0 Å². The average molecular weight is 303 g/mol. The van der Waals surface area contributed by atoms with Gasteiger partial charge in [-0.15, -0.1) is 0 Å². The number of benzene rings is 2. The van der Waals surface area contributed by atoms with E-state index in [2.05, 4.69) is 0 Å². The van der Waals surface area contributed by atoms with Gasteiger partial charge >= 0.3 is 0 Å². The number of aliphatic hydroxyl groups excluding tert-OH is 1.